The summed E-state index contributed by atoms with van der Waals surface area (Å²) < 4.78 is 0. The zero-order valence-corrected chi connectivity index (χ0v) is 8.45. The van der Waals surface area contributed by atoms with Crippen molar-refractivity contribution in [1.82, 2.24) is 0 Å². The van der Waals surface area contributed by atoms with Gasteiger partial charge in [-0.1, -0.05) is 0 Å². The van der Waals surface area contributed by atoms with E-state index in [9.17, 15) is 5.11 Å². The monoisotopic (exact) mass is 194 g/mol. The van der Waals surface area contributed by atoms with Gasteiger partial charge in [-0.05, 0) is 37.0 Å². The number of hydrogen-bond donors (Lipinski definition) is 2. The van der Waals surface area contributed by atoms with E-state index in [0.717, 1.165) is 18.8 Å². The molecule has 0 radical (unpaired) electrons. The highest BCUT2D eigenvalue weighted by atomic mass is 16.3. The van der Waals surface area contributed by atoms with Crippen LogP contribution in [0.5, 0.6) is 0 Å². The Bertz CT molecular complexity index is 251. The van der Waals surface area contributed by atoms with Gasteiger partial charge in [0, 0.05) is 12.8 Å². The van der Waals surface area contributed by atoms with Crippen LogP contribution in [0.25, 0.3) is 0 Å². The first-order chi connectivity index (χ1) is 6.83. The molecule has 2 rings (SSSR count). The van der Waals surface area contributed by atoms with E-state index in [-0.39, 0.29) is 12.7 Å². The van der Waals surface area contributed by atoms with Crippen LogP contribution in [0, 0.1) is 29.6 Å². The number of aliphatic hydroxyl groups excluding tert-OH is 2. The molecule has 0 aromatic heterocycles. The summed E-state index contributed by atoms with van der Waals surface area (Å²) >= 11 is 0. The topological polar surface area (TPSA) is 40.5 Å². The van der Waals surface area contributed by atoms with Gasteiger partial charge in [0.25, 0.3) is 0 Å². The predicted molar refractivity (Wildman–Crippen MR) is 54.4 cm³/mol. The molecule has 2 N–H and O–H groups in total. The second-order valence-corrected chi connectivity index (χ2v) is 4.50. The van der Waals surface area contributed by atoms with E-state index < -0.39 is 0 Å². The van der Waals surface area contributed by atoms with Crippen LogP contribution in [-0.4, -0.2) is 22.9 Å². The van der Waals surface area contributed by atoms with Crippen molar-refractivity contribution in [2.45, 2.75) is 38.2 Å². The van der Waals surface area contributed by atoms with Crippen molar-refractivity contribution in [1.29, 1.82) is 0 Å². The molecule has 0 saturated heterocycles. The first-order valence-corrected chi connectivity index (χ1v) is 5.57. The van der Waals surface area contributed by atoms with E-state index in [2.05, 4.69) is 11.8 Å². The lowest BCUT2D eigenvalue weighted by Gasteiger charge is -2.15. The predicted octanol–water partition coefficient (Wildman–Crippen LogP) is 1.17. The van der Waals surface area contributed by atoms with Gasteiger partial charge in [-0.25, -0.2) is 0 Å². The fraction of sp³-hybridized carbons (Fsp3) is 0.833. The van der Waals surface area contributed by atoms with Gasteiger partial charge in [-0.2, -0.15) is 0 Å². The quantitative estimate of drug-likeness (QED) is 0.648. The van der Waals surface area contributed by atoms with Crippen LogP contribution < -0.4 is 0 Å². The highest BCUT2D eigenvalue weighted by Crippen LogP contribution is 2.50. The Balaban J connectivity index is 1.85. The number of hydrogen-bond acceptors (Lipinski definition) is 2. The van der Waals surface area contributed by atoms with Crippen LogP contribution in [-0.2, 0) is 0 Å². The molecule has 0 aromatic carbocycles. The molecule has 14 heavy (non-hydrogen) atoms. The van der Waals surface area contributed by atoms with Crippen LogP contribution in [0.1, 0.15) is 32.1 Å². The maximum atomic E-state index is 9.70. The van der Waals surface area contributed by atoms with Crippen molar-refractivity contribution in [2.75, 3.05) is 6.61 Å². The summed E-state index contributed by atoms with van der Waals surface area (Å²) in [6.07, 6.45) is 4.93. The lowest BCUT2D eigenvalue weighted by molar-refractivity contribution is 0.107. The van der Waals surface area contributed by atoms with Gasteiger partial charge in [0.1, 0.15) is 0 Å². The van der Waals surface area contributed by atoms with E-state index in [1.54, 1.807) is 0 Å². The molecule has 0 spiro atoms. The molecule has 4 atom stereocenters. The Morgan fingerprint density at radius 2 is 2.07 bits per heavy atom. The average molecular weight is 194 g/mol. The highest BCUT2D eigenvalue weighted by molar-refractivity contribution is 5.06. The zero-order chi connectivity index (χ0) is 9.97. The number of rotatable bonds is 2. The van der Waals surface area contributed by atoms with Crippen LogP contribution >= 0.6 is 0 Å². The maximum absolute atomic E-state index is 9.70. The van der Waals surface area contributed by atoms with E-state index in [1.807, 2.05) is 0 Å². The molecular formula is C12H18O2. The van der Waals surface area contributed by atoms with Crippen molar-refractivity contribution in [3.05, 3.63) is 0 Å². The third kappa shape index (κ3) is 1.80. The third-order valence-electron chi connectivity index (χ3n) is 3.76. The molecule has 2 saturated carbocycles. The summed E-state index contributed by atoms with van der Waals surface area (Å²) in [6.45, 7) is 0.160. The Kier molecular flexibility index (Phi) is 3.10. The van der Waals surface area contributed by atoms with Crippen molar-refractivity contribution < 1.29 is 10.2 Å². The van der Waals surface area contributed by atoms with Crippen molar-refractivity contribution in [3.63, 3.8) is 0 Å². The Labute approximate surface area is 85.3 Å². The van der Waals surface area contributed by atoms with E-state index in [0.29, 0.717) is 18.3 Å². The fourth-order valence-electron chi connectivity index (χ4n) is 3.09. The smallest absolute Gasteiger partial charge is 0.0574 e. The molecule has 2 bridgehead atoms. The zero-order valence-electron chi connectivity index (χ0n) is 8.45. The largest absolute Gasteiger partial charge is 0.395 e. The van der Waals surface area contributed by atoms with Crippen LogP contribution in [0.4, 0.5) is 0 Å². The van der Waals surface area contributed by atoms with Gasteiger partial charge in [-0.15, -0.1) is 11.8 Å². The molecule has 2 aliphatic carbocycles. The molecule has 0 unspecified atom stereocenters. The molecule has 0 heterocycles. The van der Waals surface area contributed by atoms with E-state index in [4.69, 9.17) is 5.11 Å². The van der Waals surface area contributed by atoms with Crippen LogP contribution in [0.3, 0.4) is 0 Å². The molecule has 78 valence electrons. The highest BCUT2D eigenvalue weighted by Gasteiger charge is 2.46. The summed E-state index contributed by atoms with van der Waals surface area (Å²) in [5.41, 5.74) is 0. The van der Waals surface area contributed by atoms with Gasteiger partial charge in [0.05, 0.1) is 12.7 Å². The van der Waals surface area contributed by atoms with Crippen LogP contribution in [0.2, 0.25) is 0 Å². The minimum Gasteiger partial charge on any atom is -0.395 e. The molecular weight excluding hydrogens is 176 g/mol. The van der Waals surface area contributed by atoms with Gasteiger partial charge in [0.2, 0.25) is 0 Å². The van der Waals surface area contributed by atoms with Gasteiger partial charge in [-0.3, -0.25) is 0 Å². The third-order valence-corrected chi connectivity index (χ3v) is 3.76. The van der Waals surface area contributed by atoms with Crippen molar-refractivity contribution in [3.8, 4) is 11.8 Å². The van der Waals surface area contributed by atoms with Crippen LogP contribution in [0.15, 0.2) is 0 Å². The minimum absolute atomic E-state index is 0.0570. The number of aliphatic hydroxyl groups is 2. The molecule has 0 aliphatic heterocycles. The molecule has 2 nitrogen and oxygen atoms in total. The molecule has 2 heteroatoms. The first-order valence-electron chi connectivity index (χ1n) is 5.57. The van der Waals surface area contributed by atoms with E-state index >= 15 is 0 Å². The molecule has 2 aliphatic rings. The standard InChI is InChI=1S/C12H18O2/c13-7-3-1-2-4-10-9-5-6-11(10)12(14)8-9/h9-14H,3-8H2/t9-,10-,11-,12-/m1/s1. The molecule has 0 amide bonds. The van der Waals surface area contributed by atoms with Gasteiger partial charge >= 0.3 is 0 Å². The summed E-state index contributed by atoms with van der Waals surface area (Å²) in [5.74, 6) is 7.97. The van der Waals surface area contributed by atoms with E-state index in [1.165, 1.54) is 12.8 Å². The second kappa shape index (κ2) is 4.33. The number of fused-ring (bicyclic) bond motifs is 2. The Morgan fingerprint density at radius 3 is 2.64 bits per heavy atom. The molecule has 2 fully saturated rings. The first kappa shape index (κ1) is 10.0. The maximum Gasteiger partial charge on any atom is 0.0574 e. The SMILES string of the molecule is OCCC#CC[C@@H]1[C@@H]2CC[C@H]1[C@H](O)C2. The van der Waals surface area contributed by atoms with Gasteiger partial charge < -0.3 is 10.2 Å². The van der Waals surface area contributed by atoms with Gasteiger partial charge in [0.15, 0.2) is 0 Å². The summed E-state index contributed by atoms with van der Waals surface area (Å²) in [7, 11) is 0. The van der Waals surface area contributed by atoms with Crippen molar-refractivity contribution >= 4 is 0 Å². The average Bonchev–Trinajstić information content (AvgIpc) is 2.69. The van der Waals surface area contributed by atoms with Crippen molar-refractivity contribution in [2.24, 2.45) is 17.8 Å². The normalized spacial score (nSPS) is 39.6. The Morgan fingerprint density at radius 1 is 1.21 bits per heavy atom. The summed E-state index contributed by atoms with van der Waals surface area (Å²) in [5, 5.41) is 18.3. The lowest BCUT2D eigenvalue weighted by atomic mass is 9.94. The molecule has 0 aromatic rings. The minimum atomic E-state index is -0.0570. The second-order valence-electron chi connectivity index (χ2n) is 4.50. The summed E-state index contributed by atoms with van der Waals surface area (Å²) in [4.78, 5) is 0. The lowest BCUT2D eigenvalue weighted by Crippen LogP contribution is -2.16. The fourth-order valence-corrected chi connectivity index (χ4v) is 3.09. The summed E-state index contributed by atoms with van der Waals surface area (Å²) in [6, 6.07) is 0. The Hall–Kier alpha value is -0.520.